The summed E-state index contributed by atoms with van der Waals surface area (Å²) in [5.41, 5.74) is 6.35. The van der Waals surface area contributed by atoms with E-state index in [2.05, 4.69) is 27.2 Å². The molecule has 0 aliphatic carbocycles. The van der Waals surface area contributed by atoms with Crippen molar-refractivity contribution in [2.24, 2.45) is 0 Å². The molecule has 6 heteroatoms. The van der Waals surface area contributed by atoms with Crippen molar-refractivity contribution in [2.75, 3.05) is 19.4 Å². The maximum absolute atomic E-state index is 5.49. The van der Waals surface area contributed by atoms with E-state index in [1.54, 1.807) is 25.5 Å². The number of aromatic nitrogens is 2. The standard InChI is InChI=1S/C10H15N5O/c1-3-13-5-8(12-2)6-16-10-4-9(11)14-7-15-10/h3-5,7,12-13H,1,6H2,2H3,(H2,11,14,15)/b8-5-. The molecule has 1 rings (SSSR count). The highest BCUT2D eigenvalue weighted by atomic mass is 16.5. The summed E-state index contributed by atoms with van der Waals surface area (Å²) in [6.45, 7) is 3.89. The van der Waals surface area contributed by atoms with Crippen LogP contribution in [0.5, 0.6) is 5.88 Å². The Labute approximate surface area is 94.2 Å². The van der Waals surface area contributed by atoms with Gasteiger partial charge in [-0.1, -0.05) is 6.58 Å². The predicted octanol–water partition coefficient (Wildman–Crippen LogP) is 0.231. The summed E-state index contributed by atoms with van der Waals surface area (Å²) in [4.78, 5) is 7.68. The number of nitrogens with two attached hydrogens (primary N) is 1. The van der Waals surface area contributed by atoms with Gasteiger partial charge in [0.25, 0.3) is 0 Å². The van der Waals surface area contributed by atoms with Crippen molar-refractivity contribution in [1.82, 2.24) is 20.6 Å². The highest BCUT2D eigenvalue weighted by Crippen LogP contribution is 2.08. The van der Waals surface area contributed by atoms with Crippen molar-refractivity contribution >= 4 is 5.82 Å². The third-order valence-electron chi connectivity index (χ3n) is 1.74. The number of ether oxygens (including phenoxy) is 1. The molecule has 0 aliphatic rings. The fourth-order valence-corrected chi connectivity index (χ4v) is 0.930. The molecule has 0 saturated heterocycles. The van der Waals surface area contributed by atoms with Gasteiger partial charge in [-0.2, -0.15) is 0 Å². The number of hydrogen-bond donors (Lipinski definition) is 3. The average Bonchev–Trinajstić information content (AvgIpc) is 2.29. The summed E-state index contributed by atoms with van der Waals surface area (Å²) >= 11 is 0. The Morgan fingerprint density at radius 1 is 1.62 bits per heavy atom. The molecular weight excluding hydrogens is 206 g/mol. The van der Waals surface area contributed by atoms with Crippen molar-refractivity contribution in [3.8, 4) is 5.88 Å². The zero-order valence-corrected chi connectivity index (χ0v) is 9.10. The van der Waals surface area contributed by atoms with Gasteiger partial charge in [0.1, 0.15) is 18.8 Å². The lowest BCUT2D eigenvalue weighted by atomic mass is 10.5. The van der Waals surface area contributed by atoms with Crippen molar-refractivity contribution < 1.29 is 4.74 Å². The van der Waals surface area contributed by atoms with E-state index >= 15 is 0 Å². The molecule has 1 aromatic rings. The van der Waals surface area contributed by atoms with Gasteiger partial charge < -0.3 is 21.1 Å². The lowest BCUT2D eigenvalue weighted by Crippen LogP contribution is -2.17. The number of nitrogen functional groups attached to an aromatic ring is 1. The third-order valence-corrected chi connectivity index (χ3v) is 1.74. The highest BCUT2D eigenvalue weighted by molar-refractivity contribution is 5.30. The Kier molecular flexibility index (Phi) is 4.65. The molecule has 0 aliphatic heterocycles. The fraction of sp³-hybridized carbons (Fsp3) is 0.200. The largest absolute Gasteiger partial charge is 0.471 e. The monoisotopic (exact) mass is 221 g/mol. The molecule has 4 N–H and O–H groups in total. The highest BCUT2D eigenvalue weighted by Gasteiger charge is 1.99. The molecule has 0 amide bonds. The molecule has 0 fully saturated rings. The van der Waals surface area contributed by atoms with Crippen LogP contribution in [0.15, 0.2) is 37.1 Å². The molecule has 0 radical (unpaired) electrons. The van der Waals surface area contributed by atoms with Gasteiger partial charge in [0, 0.05) is 19.3 Å². The minimum atomic E-state index is 0.355. The van der Waals surface area contributed by atoms with Crippen molar-refractivity contribution in [2.45, 2.75) is 0 Å². The first-order valence-electron chi connectivity index (χ1n) is 4.70. The topological polar surface area (TPSA) is 85.1 Å². The molecule has 6 nitrogen and oxygen atoms in total. The number of likely N-dealkylation sites (N-methyl/N-ethyl adjacent to an activating group) is 1. The van der Waals surface area contributed by atoms with Crippen LogP contribution in [0.2, 0.25) is 0 Å². The van der Waals surface area contributed by atoms with Crippen LogP contribution in [-0.2, 0) is 0 Å². The van der Waals surface area contributed by atoms with Gasteiger partial charge in [0.2, 0.25) is 5.88 Å². The van der Waals surface area contributed by atoms with E-state index in [1.807, 2.05) is 0 Å². The average molecular weight is 221 g/mol. The quantitative estimate of drug-likeness (QED) is 0.637. The van der Waals surface area contributed by atoms with Crippen molar-refractivity contribution in [3.63, 3.8) is 0 Å². The zero-order chi connectivity index (χ0) is 11.8. The van der Waals surface area contributed by atoms with Gasteiger partial charge in [-0.25, -0.2) is 9.97 Å². The van der Waals surface area contributed by atoms with Crippen LogP contribution in [0.1, 0.15) is 0 Å². The van der Waals surface area contributed by atoms with Gasteiger partial charge in [-0.3, -0.25) is 0 Å². The minimum Gasteiger partial charge on any atom is -0.471 e. The molecule has 16 heavy (non-hydrogen) atoms. The van der Waals surface area contributed by atoms with Crippen LogP contribution in [0, 0.1) is 0 Å². The summed E-state index contributed by atoms with van der Waals surface area (Å²) in [5, 5.41) is 5.82. The van der Waals surface area contributed by atoms with Gasteiger partial charge in [0.15, 0.2) is 0 Å². The van der Waals surface area contributed by atoms with Gasteiger partial charge >= 0.3 is 0 Å². The van der Waals surface area contributed by atoms with Crippen LogP contribution in [0.25, 0.3) is 0 Å². The Bertz CT molecular complexity index is 377. The minimum absolute atomic E-state index is 0.355. The maximum atomic E-state index is 5.49. The van der Waals surface area contributed by atoms with Crippen LogP contribution in [-0.4, -0.2) is 23.6 Å². The number of anilines is 1. The molecule has 0 spiro atoms. The molecule has 1 aromatic heterocycles. The van der Waals surface area contributed by atoms with Crippen LogP contribution >= 0.6 is 0 Å². The molecule has 0 unspecified atom stereocenters. The van der Waals surface area contributed by atoms with Gasteiger partial charge in [-0.15, -0.1) is 0 Å². The first-order chi connectivity index (χ1) is 7.76. The first kappa shape index (κ1) is 11.8. The van der Waals surface area contributed by atoms with E-state index in [1.165, 1.54) is 6.33 Å². The summed E-state index contributed by atoms with van der Waals surface area (Å²) in [6, 6.07) is 1.56. The molecule has 0 saturated carbocycles. The summed E-state index contributed by atoms with van der Waals surface area (Å²) < 4.78 is 5.40. The van der Waals surface area contributed by atoms with Crippen molar-refractivity contribution in [3.05, 3.63) is 37.1 Å². The van der Waals surface area contributed by atoms with E-state index in [9.17, 15) is 0 Å². The van der Waals surface area contributed by atoms with E-state index in [4.69, 9.17) is 10.5 Å². The number of nitrogens with one attached hydrogen (secondary N) is 2. The van der Waals surface area contributed by atoms with E-state index in [0.717, 1.165) is 5.70 Å². The van der Waals surface area contributed by atoms with E-state index in [-0.39, 0.29) is 0 Å². The Balaban J connectivity index is 2.52. The Morgan fingerprint density at radius 3 is 3.06 bits per heavy atom. The molecule has 1 heterocycles. The second-order valence-corrected chi connectivity index (χ2v) is 2.86. The SMILES string of the molecule is C=CN/C=C(/COc1cc(N)ncn1)NC. The Hall–Kier alpha value is -2.24. The maximum Gasteiger partial charge on any atom is 0.218 e. The molecule has 0 atom stereocenters. The van der Waals surface area contributed by atoms with Crippen LogP contribution in [0.4, 0.5) is 5.82 Å². The second kappa shape index (κ2) is 6.28. The van der Waals surface area contributed by atoms with E-state index < -0.39 is 0 Å². The lowest BCUT2D eigenvalue weighted by molar-refractivity contribution is 0.330. The summed E-state index contributed by atoms with van der Waals surface area (Å²) in [7, 11) is 1.80. The van der Waals surface area contributed by atoms with Crippen LogP contribution in [0.3, 0.4) is 0 Å². The van der Waals surface area contributed by atoms with Gasteiger partial charge in [0.05, 0.1) is 5.70 Å². The summed E-state index contributed by atoms with van der Waals surface area (Å²) in [5.74, 6) is 0.816. The van der Waals surface area contributed by atoms with Gasteiger partial charge in [-0.05, 0) is 6.20 Å². The molecular formula is C10H15N5O. The molecule has 0 aromatic carbocycles. The van der Waals surface area contributed by atoms with Crippen molar-refractivity contribution in [1.29, 1.82) is 0 Å². The normalized spacial score (nSPS) is 10.7. The van der Waals surface area contributed by atoms with E-state index in [0.29, 0.717) is 18.3 Å². The smallest absolute Gasteiger partial charge is 0.218 e. The number of hydrogen-bond acceptors (Lipinski definition) is 6. The molecule has 0 bridgehead atoms. The summed E-state index contributed by atoms with van der Waals surface area (Å²) in [6.07, 6.45) is 4.67. The fourth-order valence-electron chi connectivity index (χ4n) is 0.930. The lowest BCUT2D eigenvalue weighted by Gasteiger charge is -2.08. The third kappa shape index (κ3) is 3.87. The first-order valence-corrected chi connectivity index (χ1v) is 4.70. The predicted molar refractivity (Wildman–Crippen MR) is 62.4 cm³/mol. The Morgan fingerprint density at radius 2 is 2.44 bits per heavy atom. The number of rotatable bonds is 6. The zero-order valence-electron chi connectivity index (χ0n) is 9.10. The number of nitrogens with zero attached hydrogens (tertiary/aromatic N) is 2. The second-order valence-electron chi connectivity index (χ2n) is 2.86. The molecule has 86 valence electrons. The van der Waals surface area contributed by atoms with Crippen LogP contribution < -0.4 is 21.1 Å².